The quantitative estimate of drug-likeness (QED) is 0.183. The van der Waals surface area contributed by atoms with E-state index in [0.29, 0.717) is 0 Å². The van der Waals surface area contributed by atoms with Crippen LogP contribution in [-0.2, 0) is 0 Å². The van der Waals surface area contributed by atoms with Crippen LogP contribution in [0.15, 0.2) is 180 Å². The molecule has 11 aromatic rings. The summed E-state index contributed by atoms with van der Waals surface area (Å²) in [6.45, 7) is 0. The average Bonchev–Trinajstić information content (AvgIpc) is 3.87. The zero-order valence-electron chi connectivity index (χ0n) is 27.5. The molecule has 0 unspecified atom stereocenters. The van der Waals surface area contributed by atoms with Gasteiger partial charge in [0.25, 0.3) is 0 Å². The Balaban J connectivity index is 1.13. The van der Waals surface area contributed by atoms with Crippen LogP contribution in [-0.4, -0.2) is 4.57 Å². The number of thiophene rings is 1. The Morgan fingerprint density at radius 1 is 0.392 bits per heavy atom. The number of hydrogen-bond acceptors (Lipinski definition) is 2. The van der Waals surface area contributed by atoms with Gasteiger partial charge < -0.3 is 8.98 Å². The Morgan fingerprint density at radius 3 is 1.71 bits per heavy atom. The van der Waals surface area contributed by atoms with E-state index in [9.17, 15) is 0 Å². The molecule has 0 saturated carbocycles. The minimum atomic E-state index is 0.922. The second kappa shape index (κ2) is 11.0. The van der Waals surface area contributed by atoms with E-state index in [4.69, 9.17) is 4.42 Å². The summed E-state index contributed by atoms with van der Waals surface area (Å²) in [5.74, 6) is 0. The first-order valence-electron chi connectivity index (χ1n) is 17.3. The number of benzene rings is 8. The van der Waals surface area contributed by atoms with Crippen LogP contribution >= 0.6 is 11.3 Å². The zero-order valence-corrected chi connectivity index (χ0v) is 28.3. The van der Waals surface area contributed by atoms with E-state index in [1.54, 1.807) is 0 Å². The molecule has 238 valence electrons. The Hall–Kier alpha value is -6.42. The van der Waals surface area contributed by atoms with Crippen LogP contribution in [0.25, 0.3) is 103 Å². The molecular weight excluding hydrogens is 639 g/mol. The molecule has 3 aromatic heterocycles. The van der Waals surface area contributed by atoms with Crippen molar-refractivity contribution in [2.24, 2.45) is 0 Å². The van der Waals surface area contributed by atoms with Crippen LogP contribution in [0, 0.1) is 0 Å². The molecule has 8 aromatic carbocycles. The molecule has 0 bridgehead atoms. The second-order valence-corrected chi connectivity index (χ2v) is 14.3. The van der Waals surface area contributed by atoms with Gasteiger partial charge >= 0.3 is 0 Å². The summed E-state index contributed by atoms with van der Waals surface area (Å²) >= 11 is 1.86. The topological polar surface area (TPSA) is 18.1 Å². The van der Waals surface area contributed by atoms with Crippen LogP contribution in [0.2, 0.25) is 0 Å². The highest BCUT2D eigenvalue weighted by atomic mass is 32.1. The van der Waals surface area contributed by atoms with Gasteiger partial charge in [0.2, 0.25) is 0 Å². The summed E-state index contributed by atoms with van der Waals surface area (Å²) in [6.07, 6.45) is 0. The fourth-order valence-electron chi connectivity index (χ4n) is 8.02. The average molecular weight is 668 g/mol. The molecule has 2 nitrogen and oxygen atoms in total. The lowest BCUT2D eigenvalue weighted by Gasteiger charge is -2.09. The van der Waals surface area contributed by atoms with E-state index in [0.717, 1.165) is 33.2 Å². The van der Waals surface area contributed by atoms with E-state index in [2.05, 4.69) is 174 Å². The maximum atomic E-state index is 6.49. The summed E-state index contributed by atoms with van der Waals surface area (Å²) in [5.41, 5.74) is 12.6. The Kier molecular flexibility index (Phi) is 6.16. The first-order chi connectivity index (χ1) is 25.3. The molecule has 0 amide bonds. The van der Waals surface area contributed by atoms with Crippen molar-refractivity contribution in [2.45, 2.75) is 0 Å². The van der Waals surface area contributed by atoms with Crippen molar-refractivity contribution in [1.29, 1.82) is 0 Å². The van der Waals surface area contributed by atoms with Gasteiger partial charge in [-0.2, -0.15) is 0 Å². The lowest BCUT2D eigenvalue weighted by Crippen LogP contribution is -1.93. The van der Waals surface area contributed by atoms with Crippen molar-refractivity contribution >= 4 is 75.3 Å². The number of nitrogens with zero attached hydrogens (tertiary/aromatic N) is 1. The molecule has 51 heavy (non-hydrogen) atoms. The molecule has 0 spiro atoms. The molecule has 0 saturated heterocycles. The predicted octanol–water partition coefficient (Wildman–Crippen LogP) is 14.1. The third-order valence-corrected chi connectivity index (χ3v) is 11.6. The molecule has 0 aliphatic rings. The monoisotopic (exact) mass is 667 g/mol. The lowest BCUT2D eigenvalue weighted by atomic mass is 10.00. The van der Waals surface area contributed by atoms with Gasteiger partial charge in [0.15, 0.2) is 0 Å². The molecule has 0 aliphatic carbocycles. The van der Waals surface area contributed by atoms with E-state index in [-0.39, 0.29) is 0 Å². The molecule has 11 rings (SSSR count). The molecule has 0 radical (unpaired) electrons. The number of furan rings is 1. The number of fused-ring (bicyclic) bond motifs is 9. The first-order valence-corrected chi connectivity index (χ1v) is 18.2. The van der Waals surface area contributed by atoms with Gasteiger partial charge in [-0.05, 0) is 70.8 Å². The molecule has 0 fully saturated rings. The van der Waals surface area contributed by atoms with Gasteiger partial charge in [0.05, 0.1) is 11.0 Å². The zero-order chi connectivity index (χ0) is 33.5. The van der Waals surface area contributed by atoms with Gasteiger partial charge in [-0.1, -0.05) is 127 Å². The summed E-state index contributed by atoms with van der Waals surface area (Å²) in [5, 5.41) is 7.34. The number of para-hydroxylation sites is 2. The molecule has 0 atom stereocenters. The van der Waals surface area contributed by atoms with E-state index >= 15 is 0 Å². The minimum absolute atomic E-state index is 0.922. The van der Waals surface area contributed by atoms with Crippen molar-refractivity contribution in [3.63, 3.8) is 0 Å². The van der Waals surface area contributed by atoms with Crippen molar-refractivity contribution in [3.05, 3.63) is 176 Å². The van der Waals surface area contributed by atoms with Gasteiger partial charge in [-0.3, -0.25) is 0 Å². The van der Waals surface area contributed by atoms with Crippen molar-refractivity contribution in [1.82, 2.24) is 4.57 Å². The Labute approximate surface area is 298 Å². The maximum absolute atomic E-state index is 6.49. The number of hydrogen-bond donors (Lipinski definition) is 0. The largest absolute Gasteiger partial charge is 0.455 e. The Bertz CT molecular complexity index is 3030. The van der Waals surface area contributed by atoms with Crippen LogP contribution < -0.4 is 0 Å². The highest BCUT2D eigenvalue weighted by Crippen LogP contribution is 2.45. The highest BCUT2D eigenvalue weighted by Gasteiger charge is 2.19. The van der Waals surface area contributed by atoms with Crippen LogP contribution in [0.3, 0.4) is 0 Å². The van der Waals surface area contributed by atoms with E-state index < -0.39 is 0 Å². The number of rotatable bonds is 4. The maximum Gasteiger partial charge on any atom is 0.143 e. The fraction of sp³-hybridized carbons (Fsp3) is 0. The summed E-state index contributed by atoms with van der Waals surface area (Å²) < 4.78 is 11.5. The molecule has 3 heterocycles. The number of aromatic nitrogens is 1. The fourth-order valence-corrected chi connectivity index (χ4v) is 9.23. The summed E-state index contributed by atoms with van der Waals surface area (Å²) in [4.78, 5) is 0. The highest BCUT2D eigenvalue weighted by molar-refractivity contribution is 7.26. The smallest absolute Gasteiger partial charge is 0.143 e. The molecule has 0 N–H and O–H groups in total. The molecule has 0 aliphatic heterocycles. The normalized spacial score (nSPS) is 11.9. The van der Waals surface area contributed by atoms with Crippen molar-refractivity contribution in [2.75, 3.05) is 0 Å². The van der Waals surface area contributed by atoms with Crippen LogP contribution in [0.5, 0.6) is 0 Å². The first kappa shape index (κ1) is 28.4. The third-order valence-electron chi connectivity index (χ3n) is 10.4. The minimum Gasteiger partial charge on any atom is -0.455 e. The Morgan fingerprint density at radius 2 is 1.00 bits per heavy atom. The molecule has 3 heteroatoms. The van der Waals surface area contributed by atoms with Crippen molar-refractivity contribution in [3.8, 4) is 39.1 Å². The van der Waals surface area contributed by atoms with Crippen LogP contribution in [0.1, 0.15) is 0 Å². The predicted molar refractivity (Wildman–Crippen MR) is 217 cm³/mol. The van der Waals surface area contributed by atoms with E-state index in [1.807, 2.05) is 17.4 Å². The lowest BCUT2D eigenvalue weighted by molar-refractivity contribution is 0.670. The molecular formula is C48H29NOS. The standard InChI is InChI=1S/C48H29NOS/c1-3-11-30(12-4-1)32-21-24-43-40(27-32)41-28-33(31-13-5-2-6-14-31)22-25-44(41)49(43)34-23-26-46-42(29-34)39-19-10-18-38(48(39)51-46)37-17-9-16-36-35-15-7-8-20-45(35)50-47(36)37/h1-29H. The second-order valence-electron chi connectivity index (χ2n) is 13.3. The van der Waals surface area contributed by atoms with Gasteiger partial charge in [-0.25, -0.2) is 0 Å². The summed E-state index contributed by atoms with van der Waals surface area (Å²) in [6, 6.07) is 63.7. The van der Waals surface area contributed by atoms with Gasteiger partial charge in [-0.15, -0.1) is 11.3 Å². The van der Waals surface area contributed by atoms with Gasteiger partial charge in [0.1, 0.15) is 11.2 Å². The van der Waals surface area contributed by atoms with Crippen LogP contribution in [0.4, 0.5) is 0 Å². The third kappa shape index (κ3) is 4.35. The SMILES string of the molecule is c1ccc(-c2ccc3c(c2)c2cc(-c4ccccc4)ccc2n3-c2ccc3sc4c(-c5cccc6c5oc5ccccc56)cccc4c3c2)cc1. The van der Waals surface area contributed by atoms with Gasteiger partial charge in [0, 0.05) is 58.5 Å². The summed E-state index contributed by atoms with van der Waals surface area (Å²) in [7, 11) is 0. The van der Waals surface area contributed by atoms with Crippen molar-refractivity contribution < 1.29 is 4.42 Å². The van der Waals surface area contributed by atoms with E-state index in [1.165, 1.54) is 69.8 Å².